The first-order valence-corrected chi connectivity index (χ1v) is 16.1. The second-order valence-corrected chi connectivity index (χ2v) is 11.9. The summed E-state index contributed by atoms with van der Waals surface area (Å²) in [5, 5.41) is 6.05. The lowest BCUT2D eigenvalue weighted by Gasteiger charge is -2.30. The van der Waals surface area contributed by atoms with Gasteiger partial charge in [-0.05, 0) is 66.3 Å². The normalized spacial score (nSPS) is 25.3. The Balaban J connectivity index is 1.32. The van der Waals surface area contributed by atoms with E-state index in [-0.39, 0.29) is 43.9 Å². The molecule has 4 N–H and O–H groups in total. The molecule has 0 radical (unpaired) electrons. The van der Waals surface area contributed by atoms with Crippen molar-refractivity contribution in [3.8, 4) is 22.4 Å². The number of rotatable bonds is 11. The van der Waals surface area contributed by atoms with Crippen molar-refractivity contribution in [3.63, 3.8) is 0 Å². The second-order valence-electron chi connectivity index (χ2n) is 11.9. The quantitative estimate of drug-likeness (QED) is 0.211. The van der Waals surface area contributed by atoms with E-state index in [2.05, 4.69) is 24.8 Å². The summed E-state index contributed by atoms with van der Waals surface area (Å²) in [7, 11) is 1.69. The van der Waals surface area contributed by atoms with Crippen molar-refractivity contribution < 1.29 is 55.4 Å². The van der Waals surface area contributed by atoms with Crippen molar-refractivity contribution in [2.24, 2.45) is 11.8 Å². The third-order valence-corrected chi connectivity index (χ3v) is 8.68. The summed E-state index contributed by atoms with van der Waals surface area (Å²) >= 11 is 0. The van der Waals surface area contributed by atoms with E-state index in [1.54, 1.807) is 59.2 Å². The standard InChI is InChI=1S/C38H49N7O7/c1-22(2)31(42-37(49)51-5)35(47)44-19-7-9-29(44)33-39-21-28(41-33)26-13-11-24(12-14-26)25-15-17-27(18-16-25)40-34(46)30-10-8-20-45(30)36(48)32(23(3)4)43-38(50)52-6/h11-18,21-23,29-32H,7-10,19-20H2,1-6H3,(H,39,41)(H,40,46)(H,42,49)(H,43,50)/t29-,30-,31?,32?/m0/s1/i1D3,2D3,3D3,4D3,22D,23D,31D,32D. The van der Waals surface area contributed by atoms with Gasteiger partial charge in [-0.3, -0.25) is 14.4 Å². The molecule has 2 unspecified atom stereocenters. The number of alkyl carbamates (subject to hydrolysis) is 2. The Morgan fingerprint density at radius 3 is 1.88 bits per heavy atom. The number of aromatic nitrogens is 2. The van der Waals surface area contributed by atoms with Crippen LogP contribution in [0.5, 0.6) is 0 Å². The monoisotopic (exact) mass is 731 g/mol. The first-order chi connectivity index (χ1) is 31.2. The molecular formula is C38H49N7O7. The fourth-order valence-electron chi connectivity index (χ4n) is 6.08. The number of carbonyl (C=O) groups excluding carboxylic acids is 5. The van der Waals surface area contributed by atoms with Crippen LogP contribution in [-0.4, -0.2) is 95.1 Å². The summed E-state index contributed by atoms with van der Waals surface area (Å²) in [6, 6.07) is 3.94. The molecule has 3 aromatic rings. The zero-order chi connectivity index (χ0) is 51.2. The number of benzene rings is 2. The molecule has 2 aromatic carbocycles. The maximum absolute atomic E-state index is 14.1. The fourth-order valence-corrected chi connectivity index (χ4v) is 6.08. The molecule has 52 heavy (non-hydrogen) atoms. The van der Waals surface area contributed by atoms with Gasteiger partial charge in [-0.2, -0.15) is 0 Å². The van der Waals surface area contributed by atoms with Crippen LogP contribution in [0, 0.1) is 11.8 Å². The number of imidazole rings is 1. The zero-order valence-electron chi connectivity index (χ0n) is 44.3. The smallest absolute Gasteiger partial charge is 0.407 e. The molecule has 5 rings (SSSR count). The fraction of sp³-hybridized carbons (Fsp3) is 0.474. The van der Waals surface area contributed by atoms with Crippen LogP contribution < -0.4 is 16.0 Å². The van der Waals surface area contributed by atoms with Gasteiger partial charge in [-0.1, -0.05) is 63.8 Å². The van der Waals surface area contributed by atoms with Crippen LogP contribution in [0.2, 0.25) is 0 Å². The highest BCUT2D eigenvalue weighted by molar-refractivity contribution is 5.99. The Labute approximate surface area is 326 Å². The molecule has 2 saturated heterocycles. The number of carbonyl (C=O) groups is 5. The van der Waals surface area contributed by atoms with Crippen LogP contribution >= 0.6 is 0 Å². The molecule has 1 aromatic heterocycles. The predicted octanol–water partition coefficient (Wildman–Crippen LogP) is 5.10. The molecule has 3 heterocycles. The van der Waals surface area contributed by atoms with Crippen molar-refractivity contribution in [2.75, 3.05) is 32.6 Å². The molecule has 2 aliphatic heterocycles. The average Bonchev–Trinajstić information content (AvgIpc) is 4.06. The SMILES string of the molecule is [2H]C([2H])([2H])C([2H])(C([2H])([2H])[2H])C([2H])(NC(=O)OC)C(=O)N1CCC[C@H]1C(=O)Nc1ccc(-c2ccc(-c3cnc([C@@H]4CCCN4C(=O)C([2H])(NC(=O)OC)C([2H])(C([2H])([2H])[2H])C([2H])([2H])[2H])[nH]3)cc2)cc1. The molecule has 0 saturated carbocycles. The maximum atomic E-state index is 14.1. The van der Waals surface area contributed by atoms with Gasteiger partial charge < -0.3 is 40.2 Å². The Bertz CT molecular complexity index is 2350. The summed E-state index contributed by atoms with van der Waals surface area (Å²) in [6.45, 7) is -15.5. The molecule has 4 atom stereocenters. The van der Waals surface area contributed by atoms with Crippen LogP contribution in [0.25, 0.3) is 22.4 Å². The van der Waals surface area contributed by atoms with Gasteiger partial charge in [0.25, 0.3) is 0 Å². The van der Waals surface area contributed by atoms with E-state index >= 15 is 0 Å². The van der Waals surface area contributed by atoms with E-state index in [0.717, 1.165) is 24.0 Å². The highest BCUT2D eigenvalue weighted by Gasteiger charge is 2.39. The topological polar surface area (TPSA) is 175 Å². The third kappa shape index (κ3) is 8.55. The third-order valence-electron chi connectivity index (χ3n) is 8.68. The Kier molecular flexibility index (Phi) is 7.03. The van der Waals surface area contributed by atoms with Gasteiger partial charge >= 0.3 is 12.2 Å². The summed E-state index contributed by atoms with van der Waals surface area (Å²) in [4.78, 5) is 75.7. The largest absolute Gasteiger partial charge is 0.453 e. The van der Waals surface area contributed by atoms with Gasteiger partial charge in [-0.25, -0.2) is 14.6 Å². The first-order valence-electron chi connectivity index (χ1n) is 24.1. The highest BCUT2D eigenvalue weighted by Crippen LogP contribution is 2.33. The highest BCUT2D eigenvalue weighted by atomic mass is 16.5. The molecular weight excluding hydrogens is 666 g/mol. The minimum atomic E-state index is -3.91. The van der Waals surface area contributed by atoms with E-state index < -0.39 is 93.2 Å². The number of likely N-dealkylation sites (tertiary alicyclic amines) is 2. The lowest BCUT2D eigenvalue weighted by atomic mass is 10.0. The summed E-state index contributed by atoms with van der Waals surface area (Å²) < 4.78 is 139. The van der Waals surface area contributed by atoms with Crippen molar-refractivity contribution in [1.82, 2.24) is 30.4 Å². The Morgan fingerprint density at radius 1 is 0.788 bits per heavy atom. The number of ether oxygens (including phenoxy) is 2. The average molecular weight is 732 g/mol. The summed E-state index contributed by atoms with van der Waals surface area (Å²) in [5.74, 6) is -11.4. The van der Waals surface area contributed by atoms with E-state index in [4.69, 9.17) is 21.9 Å². The van der Waals surface area contributed by atoms with Crippen molar-refractivity contribution in [1.29, 1.82) is 0 Å². The maximum Gasteiger partial charge on any atom is 0.407 e. The number of anilines is 1. The van der Waals surface area contributed by atoms with Crippen LogP contribution in [-0.2, 0) is 23.9 Å². The van der Waals surface area contributed by atoms with Crippen molar-refractivity contribution in [2.45, 2.75) is 77.2 Å². The van der Waals surface area contributed by atoms with Gasteiger partial charge in [0.15, 0.2) is 0 Å². The number of methoxy groups -OCH3 is 2. The van der Waals surface area contributed by atoms with Gasteiger partial charge in [0.2, 0.25) is 17.7 Å². The molecule has 2 aliphatic rings. The van der Waals surface area contributed by atoms with E-state index in [9.17, 15) is 24.0 Å². The molecule has 14 nitrogen and oxygen atoms in total. The molecule has 0 spiro atoms. The molecule has 278 valence electrons. The summed E-state index contributed by atoms with van der Waals surface area (Å²) in [6.07, 6.45) is -0.816. The summed E-state index contributed by atoms with van der Waals surface area (Å²) in [5.41, 5.74) is 2.76. The molecule has 2 fully saturated rings. The van der Waals surface area contributed by atoms with E-state index in [1.165, 1.54) is 6.20 Å². The Hall–Kier alpha value is -5.40. The van der Waals surface area contributed by atoms with E-state index in [0.29, 0.717) is 28.8 Å². The van der Waals surface area contributed by atoms with Crippen LogP contribution in [0.4, 0.5) is 15.3 Å². The number of nitrogens with zero attached hydrogens (tertiary/aromatic N) is 3. The second kappa shape index (κ2) is 16.7. The first kappa shape index (κ1) is 21.8. The number of aromatic amines is 1. The Morgan fingerprint density at radius 2 is 1.31 bits per heavy atom. The molecule has 0 aliphatic carbocycles. The molecule has 5 amide bonds. The van der Waals surface area contributed by atoms with Crippen LogP contribution in [0.1, 0.15) is 86.9 Å². The minimum absolute atomic E-state index is 0.0180. The van der Waals surface area contributed by atoms with Crippen molar-refractivity contribution >= 4 is 35.6 Å². The predicted molar refractivity (Wildman–Crippen MR) is 195 cm³/mol. The number of nitrogens with one attached hydrogen (secondary N) is 4. The van der Waals surface area contributed by atoms with E-state index in [1.807, 2.05) is 0 Å². The lowest BCUT2D eigenvalue weighted by molar-refractivity contribution is -0.139. The van der Waals surface area contributed by atoms with Crippen LogP contribution in [0.3, 0.4) is 0 Å². The van der Waals surface area contributed by atoms with Crippen LogP contribution in [0.15, 0.2) is 54.7 Å². The lowest BCUT2D eigenvalue weighted by Crippen LogP contribution is -2.54. The molecule has 14 heteroatoms. The van der Waals surface area contributed by atoms with Gasteiger partial charge in [0, 0.05) is 38.0 Å². The number of H-pyrrole nitrogens is 1. The number of hydrogen-bond donors (Lipinski definition) is 4. The molecule has 0 bridgehead atoms. The number of amides is 5. The minimum Gasteiger partial charge on any atom is -0.453 e. The van der Waals surface area contributed by atoms with Gasteiger partial charge in [0.1, 0.15) is 23.9 Å². The van der Waals surface area contributed by atoms with Gasteiger partial charge in [-0.15, -0.1) is 0 Å². The van der Waals surface area contributed by atoms with Gasteiger partial charge in [0.05, 0.1) is 34.9 Å². The zero-order valence-corrected chi connectivity index (χ0v) is 28.3. The van der Waals surface area contributed by atoms with Crippen molar-refractivity contribution in [3.05, 3.63) is 60.6 Å². The number of hydrogen-bond acceptors (Lipinski definition) is 8.